The number of hydrogen-bond acceptors (Lipinski definition) is 3. The van der Waals surface area contributed by atoms with Crippen LogP contribution < -0.4 is 0 Å². The molecule has 0 radical (unpaired) electrons. The zero-order valence-electron chi connectivity index (χ0n) is 11.9. The monoisotopic (exact) mass is 296 g/mol. The van der Waals surface area contributed by atoms with E-state index in [1.165, 1.54) is 12.8 Å². The molecule has 110 valence electrons. The van der Waals surface area contributed by atoms with Gasteiger partial charge in [-0.3, -0.25) is 4.79 Å². The molecule has 0 unspecified atom stereocenters. The molecular weight excluding hydrogens is 276 g/mol. The van der Waals surface area contributed by atoms with Crippen LogP contribution in [0.2, 0.25) is 5.02 Å². The molecule has 0 atom stereocenters. The lowest BCUT2D eigenvalue weighted by atomic mass is 10.00. The molecule has 0 saturated carbocycles. The van der Waals surface area contributed by atoms with Gasteiger partial charge in [0, 0.05) is 5.56 Å². The Kier molecular flexibility index (Phi) is 6.59. The fourth-order valence-corrected chi connectivity index (χ4v) is 2.27. The number of hydrogen-bond donors (Lipinski definition) is 2. The van der Waals surface area contributed by atoms with E-state index in [2.05, 4.69) is 6.92 Å². The summed E-state index contributed by atoms with van der Waals surface area (Å²) in [6, 6.07) is 0. The number of carbonyl (C=O) groups is 1. The van der Waals surface area contributed by atoms with Gasteiger partial charge in [-0.05, 0) is 31.7 Å². The molecule has 0 aliphatic carbocycles. The first kappa shape index (κ1) is 16.6. The van der Waals surface area contributed by atoms with E-state index in [0.29, 0.717) is 23.8 Å². The van der Waals surface area contributed by atoms with Gasteiger partial charge in [-0.1, -0.05) is 43.5 Å². The minimum atomic E-state index is -0.183. The van der Waals surface area contributed by atoms with Gasteiger partial charge in [0.1, 0.15) is 11.5 Å². The number of halogens is 1. The third-order valence-corrected chi connectivity index (χ3v) is 3.81. The Bertz CT molecular complexity index is 507. The fourth-order valence-electron chi connectivity index (χ4n) is 2.05. The van der Waals surface area contributed by atoms with Crippen LogP contribution in [0, 0.1) is 6.92 Å². The number of unbranched alkanes of at least 4 members (excludes halogenated alkanes) is 3. The zero-order chi connectivity index (χ0) is 15.1. The topological polar surface area (TPSA) is 57.5 Å². The molecule has 0 spiro atoms. The lowest BCUT2D eigenvalue weighted by Gasteiger charge is -2.12. The maximum atomic E-state index is 11.0. The average Bonchev–Trinajstić information content (AvgIpc) is 2.44. The molecule has 0 aliphatic heterocycles. The number of phenolic OH excluding ortho intramolecular Hbond substituents is 2. The molecule has 0 aromatic heterocycles. The third kappa shape index (κ3) is 3.76. The zero-order valence-corrected chi connectivity index (χ0v) is 12.7. The van der Waals surface area contributed by atoms with Crippen molar-refractivity contribution in [2.24, 2.45) is 0 Å². The third-order valence-electron chi connectivity index (χ3n) is 3.35. The second-order valence-electron chi connectivity index (χ2n) is 4.82. The van der Waals surface area contributed by atoms with Crippen molar-refractivity contribution in [1.29, 1.82) is 0 Å². The smallest absolute Gasteiger partial charge is 0.154 e. The molecule has 1 rings (SSSR count). The van der Waals surface area contributed by atoms with Gasteiger partial charge in [0.05, 0.1) is 10.6 Å². The van der Waals surface area contributed by atoms with Gasteiger partial charge in [0.15, 0.2) is 6.29 Å². The van der Waals surface area contributed by atoms with Crippen molar-refractivity contribution in [2.45, 2.75) is 46.0 Å². The standard InChI is InChI=1S/C16H21ClO3/c1-3-4-5-6-7-8-9-12-15(19)13(10-18)11(2)14(17)16(12)20/h7-8,10,19-20H,3-6,9H2,1-2H3/b8-7+. The predicted molar refractivity (Wildman–Crippen MR) is 81.9 cm³/mol. The van der Waals surface area contributed by atoms with Crippen molar-refractivity contribution in [3.63, 3.8) is 0 Å². The molecule has 0 amide bonds. The molecule has 1 aromatic carbocycles. The molecular formula is C16H21ClO3. The Hall–Kier alpha value is -1.48. The SMILES string of the molecule is CCCCC/C=C/Cc1c(O)c(Cl)c(C)c(C=O)c1O. The summed E-state index contributed by atoms with van der Waals surface area (Å²) in [6.07, 6.45) is 9.26. The van der Waals surface area contributed by atoms with Crippen molar-refractivity contribution in [2.75, 3.05) is 0 Å². The minimum Gasteiger partial charge on any atom is -0.507 e. The highest BCUT2D eigenvalue weighted by Gasteiger charge is 2.18. The Morgan fingerprint density at radius 1 is 1.15 bits per heavy atom. The normalized spacial score (nSPS) is 11.2. The largest absolute Gasteiger partial charge is 0.507 e. The van der Waals surface area contributed by atoms with Crippen LogP contribution in [0.4, 0.5) is 0 Å². The fraction of sp³-hybridized carbons (Fsp3) is 0.438. The number of aldehydes is 1. The van der Waals surface area contributed by atoms with E-state index in [1.807, 2.05) is 12.2 Å². The average molecular weight is 297 g/mol. The summed E-state index contributed by atoms with van der Waals surface area (Å²) in [5.74, 6) is -0.330. The molecule has 0 saturated heterocycles. The van der Waals surface area contributed by atoms with E-state index in [9.17, 15) is 15.0 Å². The number of phenols is 2. The van der Waals surface area contributed by atoms with Crippen molar-refractivity contribution < 1.29 is 15.0 Å². The van der Waals surface area contributed by atoms with Crippen LogP contribution in [-0.2, 0) is 6.42 Å². The summed E-state index contributed by atoms with van der Waals surface area (Å²) in [6.45, 7) is 3.74. The van der Waals surface area contributed by atoms with Gasteiger partial charge in [0.25, 0.3) is 0 Å². The lowest BCUT2D eigenvalue weighted by Crippen LogP contribution is -1.95. The summed E-state index contributed by atoms with van der Waals surface area (Å²) >= 11 is 5.98. The molecule has 3 nitrogen and oxygen atoms in total. The van der Waals surface area contributed by atoms with Crippen molar-refractivity contribution >= 4 is 17.9 Å². The summed E-state index contributed by atoms with van der Waals surface area (Å²) in [5, 5.41) is 20.1. The number of carbonyl (C=O) groups excluding carboxylic acids is 1. The van der Waals surface area contributed by atoms with Crippen LogP contribution in [0.1, 0.15) is 54.1 Å². The van der Waals surface area contributed by atoms with Gasteiger partial charge in [0.2, 0.25) is 0 Å². The first-order valence-corrected chi connectivity index (χ1v) is 7.25. The van der Waals surface area contributed by atoms with Gasteiger partial charge in [-0.15, -0.1) is 0 Å². The highest BCUT2D eigenvalue weighted by atomic mass is 35.5. The predicted octanol–water partition coefficient (Wildman–Crippen LogP) is 4.55. The van der Waals surface area contributed by atoms with E-state index in [1.54, 1.807) is 6.92 Å². The second-order valence-corrected chi connectivity index (χ2v) is 5.20. The van der Waals surface area contributed by atoms with Crippen molar-refractivity contribution in [1.82, 2.24) is 0 Å². The summed E-state index contributed by atoms with van der Waals surface area (Å²) in [4.78, 5) is 11.0. The molecule has 1 aromatic rings. The Balaban J connectivity index is 2.90. The van der Waals surface area contributed by atoms with Gasteiger partial charge in [-0.25, -0.2) is 0 Å². The first-order chi connectivity index (χ1) is 9.54. The second kappa shape index (κ2) is 7.95. The van der Waals surface area contributed by atoms with Crippen LogP contribution in [0.3, 0.4) is 0 Å². The molecule has 2 N–H and O–H groups in total. The maximum absolute atomic E-state index is 11.0. The van der Waals surface area contributed by atoms with Gasteiger partial charge >= 0.3 is 0 Å². The Morgan fingerprint density at radius 3 is 2.45 bits per heavy atom. The lowest BCUT2D eigenvalue weighted by molar-refractivity contribution is 0.112. The Morgan fingerprint density at radius 2 is 1.85 bits per heavy atom. The minimum absolute atomic E-state index is 0.124. The summed E-state index contributed by atoms with van der Waals surface area (Å²) in [7, 11) is 0. The van der Waals surface area contributed by atoms with Crippen molar-refractivity contribution in [3.05, 3.63) is 33.9 Å². The van der Waals surface area contributed by atoms with E-state index in [0.717, 1.165) is 12.8 Å². The number of allylic oxidation sites excluding steroid dienone is 2. The van der Waals surface area contributed by atoms with E-state index < -0.39 is 0 Å². The Labute approximate surface area is 124 Å². The number of aromatic hydroxyl groups is 2. The van der Waals surface area contributed by atoms with Gasteiger partial charge < -0.3 is 10.2 Å². The van der Waals surface area contributed by atoms with Crippen LogP contribution in [0.15, 0.2) is 12.2 Å². The summed E-state index contributed by atoms with van der Waals surface area (Å²) < 4.78 is 0. The van der Waals surface area contributed by atoms with Crippen LogP contribution in [0.5, 0.6) is 11.5 Å². The molecule has 0 bridgehead atoms. The molecule has 4 heteroatoms. The number of benzene rings is 1. The van der Waals surface area contributed by atoms with Crippen LogP contribution in [0.25, 0.3) is 0 Å². The van der Waals surface area contributed by atoms with E-state index >= 15 is 0 Å². The molecule has 0 fully saturated rings. The van der Waals surface area contributed by atoms with Crippen molar-refractivity contribution in [3.8, 4) is 11.5 Å². The van der Waals surface area contributed by atoms with Crippen LogP contribution >= 0.6 is 11.6 Å². The number of rotatable bonds is 7. The molecule has 0 aliphatic rings. The highest BCUT2D eigenvalue weighted by Crippen LogP contribution is 2.40. The summed E-state index contributed by atoms with van der Waals surface area (Å²) in [5.41, 5.74) is 0.837. The van der Waals surface area contributed by atoms with Crippen LogP contribution in [-0.4, -0.2) is 16.5 Å². The van der Waals surface area contributed by atoms with Gasteiger partial charge in [-0.2, -0.15) is 0 Å². The highest BCUT2D eigenvalue weighted by molar-refractivity contribution is 6.33. The quantitative estimate of drug-likeness (QED) is 0.441. The van der Waals surface area contributed by atoms with E-state index in [4.69, 9.17) is 11.6 Å². The van der Waals surface area contributed by atoms with E-state index in [-0.39, 0.29) is 22.1 Å². The molecule has 20 heavy (non-hydrogen) atoms. The maximum Gasteiger partial charge on any atom is 0.154 e. The first-order valence-electron chi connectivity index (χ1n) is 6.87. The molecule has 0 heterocycles.